The first kappa shape index (κ1) is 29.9. The summed E-state index contributed by atoms with van der Waals surface area (Å²) in [6.07, 6.45) is 23.0. The van der Waals surface area contributed by atoms with E-state index in [0.29, 0.717) is 0 Å². The van der Waals surface area contributed by atoms with E-state index in [1.165, 1.54) is 108 Å². The third-order valence-corrected chi connectivity index (χ3v) is 8.98. The first-order chi connectivity index (χ1) is 15.6. The van der Waals surface area contributed by atoms with Gasteiger partial charge in [0.2, 0.25) is 0 Å². The molecule has 1 heterocycles. The molecule has 2 heteroatoms. The molecule has 3 atom stereocenters. The van der Waals surface area contributed by atoms with Gasteiger partial charge in [-0.2, -0.15) is 0 Å². The summed E-state index contributed by atoms with van der Waals surface area (Å²) in [5, 5.41) is 3.87. The Morgan fingerprint density at radius 3 is 1.94 bits per heavy atom. The fourth-order valence-corrected chi connectivity index (χ4v) is 7.19. The quantitative estimate of drug-likeness (QED) is 0.399. The van der Waals surface area contributed by atoms with Crippen LogP contribution in [0.2, 0.25) is 0 Å². The van der Waals surface area contributed by atoms with Crippen LogP contribution in [0.15, 0.2) is 37.8 Å². The zero-order chi connectivity index (χ0) is 23.6. The number of hydrogen-bond donors (Lipinski definition) is 1. The maximum absolute atomic E-state index is 4.57. The van der Waals surface area contributed by atoms with Crippen molar-refractivity contribution < 1.29 is 0 Å². The van der Waals surface area contributed by atoms with Crippen LogP contribution in [0.4, 0.5) is 0 Å². The Kier molecular flexibility index (Phi) is 13.5. The predicted molar refractivity (Wildman–Crippen MR) is 149 cm³/mol. The van der Waals surface area contributed by atoms with Crippen molar-refractivity contribution >= 4 is 0 Å². The van der Waals surface area contributed by atoms with E-state index in [-0.39, 0.29) is 13.0 Å². The Morgan fingerprint density at radius 2 is 1.36 bits per heavy atom. The SMILES string of the molecule is C.C=C.C=C1N[C@](CCC2CCCCC2)(CC2CCCC(C3CCCC3)C2)C(=C)N1C.CC. The highest BCUT2D eigenvalue weighted by Gasteiger charge is 2.44. The first-order valence-corrected chi connectivity index (χ1v) is 14.0. The van der Waals surface area contributed by atoms with Gasteiger partial charge in [0.25, 0.3) is 0 Å². The summed E-state index contributed by atoms with van der Waals surface area (Å²) in [6, 6.07) is 0. The lowest BCUT2D eigenvalue weighted by Gasteiger charge is -2.40. The van der Waals surface area contributed by atoms with Gasteiger partial charge in [0.1, 0.15) is 0 Å². The van der Waals surface area contributed by atoms with E-state index in [9.17, 15) is 0 Å². The second-order valence-corrected chi connectivity index (χ2v) is 10.7. The summed E-state index contributed by atoms with van der Waals surface area (Å²) >= 11 is 0. The van der Waals surface area contributed by atoms with Gasteiger partial charge in [0.15, 0.2) is 0 Å². The Balaban J connectivity index is 0.00000103. The lowest BCUT2D eigenvalue weighted by atomic mass is 9.69. The largest absolute Gasteiger partial charge is 0.361 e. The van der Waals surface area contributed by atoms with E-state index in [4.69, 9.17) is 0 Å². The minimum atomic E-state index is 0. The van der Waals surface area contributed by atoms with Crippen molar-refractivity contribution in [1.29, 1.82) is 0 Å². The van der Waals surface area contributed by atoms with Gasteiger partial charge in [-0.1, -0.05) is 111 Å². The van der Waals surface area contributed by atoms with Crippen LogP contribution >= 0.6 is 0 Å². The van der Waals surface area contributed by atoms with Gasteiger partial charge in [-0.3, -0.25) is 0 Å². The van der Waals surface area contributed by atoms with Crippen molar-refractivity contribution in [2.75, 3.05) is 7.05 Å². The van der Waals surface area contributed by atoms with E-state index in [1.807, 2.05) is 13.8 Å². The molecule has 2 nitrogen and oxygen atoms in total. The Bertz CT molecular complexity index is 569. The third kappa shape index (κ3) is 7.66. The Morgan fingerprint density at radius 1 is 0.818 bits per heavy atom. The van der Waals surface area contributed by atoms with Crippen molar-refractivity contribution in [3.8, 4) is 0 Å². The van der Waals surface area contributed by atoms with Crippen LogP contribution in [0.1, 0.15) is 124 Å². The van der Waals surface area contributed by atoms with Gasteiger partial charge in [-0.25, -0.2) is 0 Å². The zero-order valence-electron chi connectivity index (χ0n) is 21.9. The third-order valence-electron chi connectivity index (χ3n) is 8.98. The number of likely N-dealkylation sites (N-methyl/N-ethyl adjacent to an activating group) is 1. The summed E-state index contributed by atoms with van der Waals surface area (Å²) in [5.41, 5.74) is 1.36. The molecule has 0 radical (unpaired) electrons. The average molecular weight is 459 g/mol. The van der Waals surface area contributed by atoms with Gasteiger partial charge >= 0.3 is 0 Å². The molecule has 0 aromatic rings. The molecule has 4 fully saturated rings. The maximum atomic E-state index is 4.57. The molecule has 33 heavy (non-hydrogen) atoms. The summed E-state index contributed by atoms with van der Waals surface area (Å²) < 4.78 is 0. The molecule has 1 aliphatic heterocycles. The van der Waals surface area contributed by atoms with Crippen molar-refractivity contribution in [2.24, 2.45) is 23.7 Å². The van der Waals surface area contributed by atoms with Gasteiger partial charge in [0.05, 0.1) is 11.4 Å². The number of hydrogen-bond acceptors (Lipinski definition) is 2. The Hall–Kier alpha value is -1.18. The summed E-state index contributed by atoms with van der Waals surface area (Å²) in [5.74, 6) is 4.92. The smallest absolute Gasteiger partial charge is 0.0986 e. The molecule has 4 aliphatic rings. The molecule has 4 rings (SSSR count). The van der Waals surface area contributed by atoms with Crippen LogP contribution in [0.25, 0.3) is 0 Å². The topological polar surface area (TPSA) is 15.3 Å². The van der Waals surface area contributed by atoms with Crippen molar-refractivity contribution in [1.82, 2.24) is 10.2 Å². The van der Waals surface area contributed by atoms with Gasteiger partial charge < -0.3 is 10.2 Å². The zero-order valence-corrected chi connectivity index (χ0v) is 21.9. The lowest BCUT2D eigenvalue weighted by Crippen LogP contribution is -2.43. The van der Waals surface area contributed by atoms with Crippen LogP contribution in [-0.2, 0) is 0 Å². The van der Waals surface area contributed by atoms with E-state index in [2.05, 4.69) is 43.6 Å². The summed E-state index contributed by atoms with van der Waals surface area (Å²) in [7, 11) is 2.15. The molecule has 192 valence electrons. The van der Waals surface area contributed by atoms with E-state index >= 15 is 0 Å². The van der Waals surface area contributed by atoms with Crippen LogP contribution in [0, 0.1) is 23.7 Å². The maximum Gasteiger partial charge on any atom is 0.0986 e. The van der Waals surface area contributed by atoms with Crippen molar-refractivity contribution in [3.63, 3.8) is 0 Å². The van der Waals surface area contributed by atoms with Crippen LogP contribution < -0.4 is 5.32 Å². The molecule has 1 N–H and O–H groups in total. The van der Waals surface area contributed by atoms with Gasteiger partial charge in [-0.05, 0) is 49.4 Å². The molecule has 0 aromatic heterocycles. The molecule has 2 unspecified atom stereocenters. The van der Waals surface area contributed by atoms with Crippen LogP contribution in [0.5, 0.6) is 0 Å². The Labute approximate surface area is 208 Å². The normalized spacial score (nSPS) is 30.5. The fraction of sp³-hybridized carbons (Fsp3) is 0.806. The highest BCUT2D eigenvalue weighted by Crippen LogP contribution is 2.47. The molecule has 3 saturated carbocycles. The minimum absolute atomic E-state index is 0. The van der Waals surface area contributed by atoms with E-state index in [1.54, 1.807) is 0 Å². The fourth-order valence-electron chi connectivity index (χ4n) is 7.19. The second-order valence-electron chi connectivity index (χ2n) is 10.7. The minimum Gasteiger partial charge on any atom is -0.361 e. The second kappa shape index (κ2) is 14.9. The van der Waals surface area contributed by atoms with Crippen molar-refractivity contribution in [3.05, 3.63) is 37.8 Å². The standard InChI is InChI=1S/C26H44N2.C2H6.C2H4.CH4/c1-20-26(27-21(2)28(20)3,17-16-22-10-5-4-6-11-22)19-23-12-9-15-25(18-23)24-13-7-8-14-24;2*1-2;/h22-25,27H,1-2,4-19H2,3H3;1-2H3;1-2H2;1H4/t23?,25?,26-;;;/m1.../s1. The molecular formula is C31H58N2. The highest BCUT2D eigenvalue weighted by atomic mass is 15.3. The molecule has 1 saturated heterocycles. The van der Waals surface area contributed by atoms with Gasteiger partial charge in [0, 0.05) is 12.7 Å². The van der Waals surface area contributed by atoms with Crippen LogP contribution in [0.3, 0.4) is 0 Å². The first-order valence-electron chi connectivity index (χ1n) is 14.0. The number of nitrogens with zero attached hydrogens (tertiary/aromatic N) is 1. The monoisotopic (exact) mass is 458 g/mol. The lowest BCUT2D eigenvalue weighted by molar-refractivity contribution is 0.161. The van der Waals surface area contributed by atoms with Crippen molar-refractivity contribution in [2.45, 2.75) is 130 Å². The van der Waals surface area contributed by atoms with Gasteiger partial charge in [-0.15, -0.1) is 13.2 Å². The molecule has 0 spiro atoms. The molecule has 0 bridgehead atoms. The number of nitrogens with one attached hydrogen (secondary N) is 1. The predicted octanol–water partition coefficient (Wildman–Crippen LogP) is 9.46. The summed E-state index contributed by atoms with van der Waals surface area (Å²) in [4.78, 5) is 2.23. The summed E-state index contributed by atoms with van der Waals surface area (Å²) in [6.45, 7) is 18.9. The molecule has 3 aliphatic carbocycles. The molecular weight excluding hydrogens is 400 g/mol. The van der Waals surface area contributed by atoms with E-state index < -0.39 is 0 Å². The number of rotatable bonds is 6. The molecule has 0 aromatic carbocycles. The van der Waals surface area contributed by atoms with E-state index in [0.717, 1.165) is 29.5 Å². The molecule has 0 amide bonds. The average Bonchev–Trinajstić information content (AvgIpc) is 3.46. The highest BCUT2D eigenvalue weighted by molar-refractivity contribution is 5.29. The van der Waals surface area contributed by atoms with Crippen LogP contribution in [-0.4, -0.2) is 17.5 Å².